The van der Waals surface area contributed by atoms with E-state index >= 15 is 0 Å². The van der Waals surface area contributed by atoms with Gasteiger partial charge in [-0.25, -0.2) is 0 Å². The lowest BCUT2D eigenvalue weighted by Gasteiger charge is -2.42. The van der Waals surface area contributed by atoms with E-state index in [0.29, 0.717) is 0 Å². The van der Waals surface area contributed by atoms with E-state index in [9.17, 15) is 19.2 Å². The van der Waals surface area contributed by atoms with Crippen LogP contribution >= 0.6 is 12.2 Å². The molecule has 26 heavy (non-hydrogen) atoms. The normalized spacial score (nSPS) is 27.5. The van der Waals surface area contributed by atoms with Crippen molar-refractivity contribution in [2.75, 3.05) is 6.61 Å². The van der Waals surface area contributed by atoms with Crippen molar-refractivity contribution < 1.29 is 42.9 Å². The van der Waals surface area contributed by atoms with Gasteiger partial charge in [-0.05, 0) is 12.2 Å². The van der Waals surface area contributed by atoms with Crippen molar-refractivity contribution in [3.8, 4) is 0 Å². The zero-order valence-corrected chi connectivity index (χ0v) is 15.4. The molecule has 0 aromatic carbocycles. The molecule has 1 rings (SSSR count). The number of nitrogens with zero attached hydrogens (tertiary/aromatic N) is 1. The molecule has 1 aliphatic rings. The Morgan fingerprint density at radius 2 is 1.38 bits per heavy atom. The topological polar surface area (TPSA) is 127 Å². The fraction of sp³-hybridized carbons (Fsp3) is 0.667. The maximum atomic E-state index is 11.5. The summed E-state index contributed by atoms with van der Waals surface area (Å²) in [7, 11) is 0. The quantitative estimate of drug-likeness (QED) is 0.268. The molecular formula is C15H19NO9S. The maximum absolute atomic E-state index is 11.5. The van der Waals surface area contributed by atoms with Gasteiger partial charge in [0.15, 0.2) is 24.5 Å². The standard InChI is InChI=1S/C15H19NO9S/c1-7(17)21-5-11-12(22-8(2)18)13(23-9(3)19)14(24-10(4)20)15(25-11)16-6-26/h11-15H,5H2,1-4H3/t11?,12-,13+,14?,15+/m0/s1. The Bertz CT molecular complexity index is 616. The molecule has 0 spiro atoms. The van der Waals surface area contributed by atoms with Gasteiger partial charge < -0.3 is 23.7 Å². The molecule has 0 saturated carbocycles. The minimum Gasteiger partial charge on any atom is -0.463 e. The van der Waals surface area contributed by atoms with Crippen molar-refractivity contribution in [2.24, 2.45) is 4.99 Å². The fourth-order valence-electron chi connectivity index (χ4n) is 2.36. The van der Waals surface area contributed by atoms with E-state index in [-0.39, 0.29) is 6.61 Å². The summed E-state index contributed by atoms with van der Waals surface area (Å²) in [4.78, 5) is 49.3. The smallest absolute Gasteiger partial charge is 0.303 e. The predicted molar refractivity (Wildman–Crippen MR) is 87.0 cm³/mol. The van der Waals surface area contributed by atoms with Crippen LogP contribution in [0.15, 0.2) is 4.99 Å². The summed E-state index contributed by atoms with van der Waals surface area (Å²) in [5, 5.41) is 2.09. The van der Waals surface area contributed by atoms with Crippen LogP contribution in [-0.4, -0.2) is 66.3 Å². The van der Waals surface area contributed by atoms with Crippen molar-refractivity contribution in [3.63, 3.8) is 0 Å². The summed E-state index contributed by atoms with van der Waals surface area (Å²) in [6, 6.07) is 0. The van der Waals surface area contributed by atoms with E-state index in [1.165, 1.54) is 6.92 Å². The number of carbonyl (C=O) groups excluding carboxylic acids is 4. The molecule has 1 heterocycles. The van der Waals surface area contributed by atoms with Gasteiger partial charge in [0.2, 0.25) is 0 Å². The third-order valence-electron chi connectivity index (χ3n) is 3.15. The van der Waals surface area contributed by atoms with Crippen LogP contribution in [0.2, 0.25) is 0 Å². The highest BCUT2D eigenvalue weighted by Crippen LogP contribution is 2.29. The lowest BCUT2D eigenvalue weighted by molar-refractivity contribution is -0.250. The number of isothiocyanates is 1. The highest BCUT2D eigenvalue weighted by atomic mass is 32.1. The second kappa shape index (κ2) is 9.95. The summed E-state index contributed by atoms with van der Waals surface area (Å²) in [6.45, 7) is 4.26. The Balaban J connectivity index is 3.28. The molecule has 0 amide bonds. The highest BCUT2D eigenvalue weighted by molar-refractivity contribution is 7.78. The first-order chi connectivity index (χ1) is 12.1. The molecule has 2 unspecified atom stereocenters. The third kappa shape index (κ3) is 6.51. The number of hydrogen-bond acceptors (Lipinski definition) is 11. The molecule has 10 nitrogen and oxygen atoms in total. The van der Waals surface area contributed by atoms with Crippen molar-refractivity contribution >= 4 is 41.3 Å². The molecule has 0 radical (unpaired) electrons. The molecule has 1 saturated heterocycles. The first kappa shape index (κ1) is 21.7. The Kier molecular flexibility index (Phi) is 8.30. The Morgan fingerprint density at radius 1 is 0.885 bits per heavy atom. The van der Waals surface area contributed by atoms with Gasteiger partial charge in [0.1, 0.15) is 12.7 Å². The molecular weight excluding hydrogens is 370 g/mol. The summed E-state index contributed by atoms with van der Waals surface area (Å²) >= 11 is 4.55. The summed E-state index contributed by atoms with van der Waals surface area (Å²) < 4.78 is 26.0. The van der Waals surface area contributed by atoms with E-state index < -0.39 is 54.5 Å². The van der Waals surface area contributed by atoms with Gasteiger partial charge in [-0.3, -0.25) is 19.2 Å². The van der Waals surface area contributed by atoms with Crippen molar-refractivity contribution in [1.82, 2.24) is 0 Å². The lowest BCUT2D eigenvalue weighted by Crippen LogP contribution is -2.61. The van der Waals surface area contributed by atoms with Crippen LogP contribution in [0.4, 0.5) is 0 Å². The van der Waals surface area contributed by atoms with Crippen LogP contribution in [0.3, 0.4) is 0 Å². The molecule has 0 aromatic heterocycles. The van der Waals surface area contributed by atoms with Crippen LogP contribution in [0.25, 0.3) is 0 Å². The van der Waals surface area contributed by atoms with E-state index in [0.717, 1.165) is 20.8 Å². The van der Waals surface area contributed by atoms with Gasteiger partial charge in [0, 0.05) is 27.7 Å². The second-order valence-electron chi connectivity index (χ2n) is 5.31. The molecule has 0 aromatic rings. The number of thiocarbonyl (C=S) groups is 1. The lowest BCUT2D eigenvalue weighted by atomic mass is 9.97. The zero-order valence-electron chi connectivity index (χ0n) is 14.6. The van der Waals surface area contributed by atoms with Gasteiger partial charge in [-0.15, -0.1) is 0 Å². The van der Waals surface area contributed by atoms with Crippen LogP contribution in [-0.2, 0) is 42.9 Å². The van der Waals surface area contributed by atoms with Gasteiger partial charge in [0.25, 0.3) is 0 Å². The predicted octanol–water partition coefficient (Wildman–Crippen LogP) is 0.172. The second-order valence-corrected chi connectivity index (χ2v) is 5.49. The number of hydrogen-bond donors (Lipinski definition) is 0. The van der Waals surface area contributed by atoms with Gasteiger partial charge in [-0.1, -0.05) is 0 Å². The van der Waals surface area contributed by atoms with E-state index in [4.69, 9.17) is 23.7 Å². The van der Waals surface area contributed by atoms with Crippen LogP contribution in [0.5, 0.6) is 0 Å². The number of rotatable bonds is 6. The molecule has 5 atom stereocenters. The summed E-state index contributed by atoms with van der Waals surface area (Å²) in [5.74, 6) is -2.74. The van der Waals surface area contributed by atoms with Crippen molar-refractivity contribution in [3.05, 3.63) is 0 Å². The minimum absolute atomic E-state index is 0.318. The largest absolute Gasteiger partial charge is 0.463 e. The fourth-order valence-corrected chi connectivity index (χ4v) is 2.47. The van der Waals surface area contributed by atoms with E-state index in [2.05, 4.69) is 22.4 Å². The van der Waals surface area contributed by atoms with E-state index in [1.54, 1.807) is 0 Å². The molecule has 0 aliphatic carbocycles. The average Bonchev–Trinajstić information content (AvgIpc) is 2.50. The van der Waals surface area contributed by atoms with E-state index in [1.807, 2.05) is 0 Å². The average molecular weight is 389 g/mol. The van der Waals surface area contributed by atoms with Crippen LogP contribution in [0, 0.1) is 0 Å². The number of aliphatic imine (C=N–C) groups is 1. The molecule has 1 fully saturated rings. The first-order valence-corrected chi connectivity index (χ1v) is 7.94. The summed E-state index contributed by atoms with van der Waals surface area (Å²) in [5.41, 5.74) is 0. The number of carbonyl (C=O) groups is 4. The van der Waals surface area contributed by atoms with Gasteiger partial charge >= 0.3 is 23.9 Å². The summed E-state index contributed by atoms with van der Waals surface area (Å²) in [6.07, 6.45) is -5.96. The number of esters is 4. The molecule has 144 valence electrons. The Morgan fingerprint density at radius 3 is 1.85 bits per heavy atom. The van der Waals surface area contributed by atoms with Gasteiger partial charge in [-0.2, -0.15) is 4.99 Å². The Hall–Kier alpha value is -2.36. The molecule has 1 aliphatic heterocycles. The molecule has 0 bridgehead atoms. The molecule has 0 N–H and O–H groups in total. The minimum atomic E-state index is -1.26. The number of ether oxygens (including phenoxy) is 5. The van der Waals surface area contributed by atoms with Crippen molar-refractivity contribution in [2.45, 2.75) is 58.3 Å². The van der Waals surface area contributed by atoms with Gasteiger partial charge in [0.05, 0.1) is 5.16 Å². The van der Waals surface area contributed by atoms with Crippen LogP contribution < -0.4 is 0 Å². The SMILES string of the molecule is CC(=O)OCC1O[C@@H](N=C=S)C(OC(C)=O)[C@H](OC(C)=O)[C@H]1OC(C)=O. The van der Waals surface area contributed by atoms with Crippen molar-refractivity contribution in [1.29, 1.82) is 0 Å². The Labute approximate surface area is 154 Å². The zero-order chi connectivity index (χ0) is 19.9. The molecule has 11 heteroatoms. The highest BCUT2D eigenvalue weighted by Gasteiger charge is 2.52. The monoisotopic (exact) mass is 389 g/mol. The maximum Gasteiger partial charge on any atom is 0.303 e. The first-order valence-electron chi connectivity index (χ1n) is 7.53. The third-order valence-corrected chi connectivity index (χ3v) is 3.25. The van der Waals surface area contributed by atoms with Crippen LogP contribution in [0.1, 0.15) is 27.7 Å².